The van der Waals surface area contributed by atoms with E-state index >= 15 is 0 Å². The van der Waals surface area contributed by atoms with Gasteiger partial charge in [-0.25, -0.2) is 4.39 Å². The van der Waals surface area contributed by atoms with Crippen molar-refractivity contribution in [2.75, 3.05) is 0 Å². The zero-order valence-corrected chi connectivity index (χ0v) is 26.4. The van der Waals surface area contributed by atoms with E-state index in [1.165, 1.54) is 44.2 Å². The molecule has 4 nitrogen and oxygen atoms in total. The molecule has 44 heavy (non-hydrogen) atoms. The van der Waals surface area contributed by atoms with Crippen molar-refractivity contribution < 1.29 is 4.39 Å². The lowest BCUT2D eigenvalue weighted by atomic mass is 9.86. The lowest BCUT2D eigenvalue weighted by molar-refractivity contribution is 0.353. The van der Waals surface area contributed by atoms with Crippen molar-refractivity contribution in [2.24, 2.45) is 5.92 Å². The Bertz CT molecular complexity index is 1750. The van der Waals surface area contributed by atoms with E-state index < -0.39 is 0 Å². The Kier molecular flexibility index (Phi) is 11.1. The molecule has 0 aliphatic heterocycles. The summed E-state index contributed by atoms with van der Waals surface area (Å²) in [6.45, 7) is 22.6. The molecule has 228 valence electrons. The molecule has 2 aromatic heterocycles. The summed E-state index contributed by atoms with van der Waals surface area (Å²) in [5, 5.41) is 12.8. The fourth-order valence-electron chi connectivity index (χ4n) is 5.86. The van der Waals surface area contributed by atoms with Gasteiger partial charge in [-0.2, -0.15) is 5.10 Å². The predicted octanol–water partition coefficient (Wildman–Crippen LogP) is 8.70. The lowest BCUT2D eigenvalue weighted by Gasteiger charge is -2.23. The van der Waals surface area contributed by atoms with E-state index in [-0.39, 0.29) is 5.82 Å². The molecule has 3 N–H and O–H groups in total. The maximum Gasteiger partial charge on any atom is 0.123 e. The average Bonchev–Trinajstić information content (AvgIpc) is 3.58. The normalized spacial score (nSPS) is 15.9. The first kappa shape index (κ1) is 32.3. The SMILES string of the molecule is C=C/C=C(/c1cccc(F)c1)c1cc(-c2n[nH]/c(=C/C=C(C)/C(/C=C(\C=C)NC(=C)CC3CCCCC3)=C/C)c2=C)[nH]c1C. The van der Waals surface area contributed by atoms with Crippen molar-refractivity contribution in [2.45, 2.75) is 59.3 Å². The minimum atomic E-state index is -0.282. The van der Waals surface area contributed by atoms with Gasteiger partial charge in [0.25, 0.3) is 0 Å². The fraction of sp³-hybridized carbons (Fsp3) is 0.256. The van der Waals surface area contributed by atoms with Crippen molar-refractivity contribution in [3.05, 3.63) is 142 Å². The van der Waals surface area contributed by atoms with Gasteiger partial charge in [0.1, 0.15) is 11.5 Å². The number of aromatic amines is 2. The van der Waals surface area contributed by atoms with Crippen LogP contribution in [-0.2, 0) is 0 Å². The number of benzene rings is 1. The van der Waals surface area contributed by atoms with Crippen LogP contribution in [0.4, 0.5) is 4.39 Å². The number of hydrogen-bond acceptors (Lipinski definition) is 2. The number of aryl methyl sites for hydroxylation is 1. The molecule has 0 saturated heterocycles. The fourth-order valence-corrected chi connectivity index (χ4v) is 5.86. The van der Waals surface area contributed by atoms with Gasteiger partial charge in [0.05, 0.1) is 11.0 Å². The van der Waals surface area contributed by atoms with Crippen LogP contribution in [0.3, 0.4) is 0 Å². The highest BCUT2D eigenvalue weighted by molar-refractivity contribution is 5.84. The summed E-state index contributed by atoms with van der Waals surface area (Å²) in [7, 11) is 0. The standard InChI is InChI=1S/C39H45FN4/c1-8-15-35(32-18-14-19-33(40)23-32)36-25-38(42-29(36)7)39-28(6)37(43-44-39)21-20-26(4)31(9-2)24-34(10-3)41-27(5)22-30-16-12-11-13-17-30/h8-10,14-15,18-21,23-25,30,41-43H,1,3,5-6,11-13,16-17,22H2,2,4,7H3/b26-20+,31-9+,34-24+,35-15-,37-21+. The summed E-state index contributed by atoms with van der Waals surface area (Å²) in [6, 6.07) is 8.60. The number of allylic oxidation sites excluding steroid dienone is 9. The topological polar surface area (TPSA) is 56.5 Å². The first-order valence-electron chi connectivity index (χ1n) is 15.4. The summed E-state index contributed by atoms with van der Waals surface area (Å²) in [6.07, 6.45) is 21.3. The molecular weight excluding hydrogens is 543 g/mol. The van der Waals surface area contributed by atoms with Gasteiger partial charge in [-0.3, -0.25) is 5.10 Å². The first-order valence-corrected chi connectivity index (χ1v) is 15.4. The Labute approximate surface area is 261 Å². The van der Waals surface area contributed by atoms with E-state index in [0.717, 1.165) is 79.2 Å². The highest BCUT2D eigenvalue weighted by atomic mass is 19.1. The van der Waals surface area contributed by atoms with Gasteiger partial charge < -0.3 is 10.3 Å². The number of halogens is 1. The van der Waals surface area contributed by atoms with Gasteiger partial charge >= 0.3 is 0 Å². The van der Waals surface area contributed by atoms with Crippen LogP contribution < -0.4 is 15.9 Å². The Hall–Kier alpha value is -4.64. The third kappa shape index (κ3) is 8.04. The molecule has 0 spiro atoms. The molecule has 0 bridgehead atoms. The highest BCUT2D eigenvalue weighted by Crippen LogP contribution is 2.30. The van der Waals surface area contributed by atoms with Gasteiger partial charge in [0.15, 0.2) is 0 Å². The van der Waals surface area contributed by atoms with Crippen LogP contribution in [0.5, 0.6) is 0 Å². The zero-order chi connectivity index (χ0) is 31.6. The number of nitrogens with zero attached hydrogens (tertiary/aromatic N) is 1. The number of H-pyrrole nitrogens is 2. The summed E-state index contributed by atoms with van der Waals surface area (Å²) in [5.74, 6) is 0.444. The van der Waals surface area contributed by atoms with E-state index in [1.54, 1.807) is 12.1 Å². The van der Waals surface area contributed by atoms with Crippen LogP contribution in [0, 0.1) is 18.7 Å². The molecular formula is C39H45FN4. The molecule has 1 saturated carbocycles. The largest absolute Gasteiger partial charge is 0.359 e. The number of hydrogen-bond donors (Lipinski definition) is 3. The first-order chi connectivity index (χ1) is 21.2. The third-order valence-electron chi connectivity index (χ3n) is 8.26. The van der Waals surface area contributed by atoms with E-state index in [2.05, 4.69) is 72.0 Å². The second kappa shape index (κ2) is 15.2. The lowest BCUT2D eigenvalue weighted by Crippen LogP contribution is -2.21. The molecule has 0 unspecified atom stereocenters. The van der Waals surface area contributed by atoms with Crippen molar-refractivity contribution in [3.63, 3.8) is 0 Å². The molecule has 0 amide bonds. The average molecular weight is 589 g/mol. The van der Waals surface area contributed by atoms with Crippen LogP contribution in [0.1, 0.15) is 69.2 Å². The summed E-state index contributed by atoms with van der Waals surface area (Å²) < 4.78 is 14.0. The molecule has 2 heterocycles. The summed E-state index contributed by atoms with van der Waals surface area (Å²) >= 11 is 0. The van der Waals surface area contributed by atoms with Crippen LogP contribution in [0.2, 0.25) is 0 Å². The van der Waals surface area contributed by atoms with Crippen molar-refractivity contribution in [3.8, 4) is 11.4 Å². The number of rotatable bonds is 12. The summed E-state index contributed by atoms with van der Waals surface area (Å²) in [5.41, 5.74) is 9.28. The van der Waals surface area contributed by atoms with Crippen LogP contribution in [0.15, 0.2) is 109 Å². The molecule has 1 aromatic carbocycles. The van der Waals surface area contributed by atoms with Gasteiger partial charge in [-0.1, -0.05) is 94.9 Å². The number of aromatic nitrogens is 3. The van der Waals surface area contributed by atoms with Gasteiger partial charge in [-0.05, 0) is 91.8 Å². The Morgan fingerprint density at radius 3 is 2.59 bits per heavy atom. The Balaban J connectivity index is 1.55. The van der Waals surface area contributed by atoms with Crippen molar-refractivity contribution in [1.29, 1.82) is 0 Å². The molecule has 5 heteroatoms. The molecule has 1 fully saturated rings. The van der Waals surface area contributed by atoms with Gasteiger partial charge in [0, 0.05) is 27.9 Å². The van der Waals surface area contributed by atoms with E-state index in [1.807, 2.05) is 44.2 Å². The van der Waals surface area contributed by atoms with Crippen LogP contribution >= 0.6 is 0 Å². The smallest absolute Gasteiger partial charge is 0.123 e. The second-order valence-electron chi connectivity index (χ2n) is 11.5. The third-order valence-corrected chi connectivity index (χ3v) is 8.26. The Morgan fingerprint density at radius 1 is 1.14 bits per heavy atom. The van der Waals surface area contributed by atoms with E-state index in [0.29, 0.717) is 0 Å². The number of nitrogens with one attached hydrogen (secondary N) is 3. The van der Waals surface area contributed by atoms with Gasteiger partial charge in [0.2, 0.25) is 0 Å². The minimum Gasteiger partial charge on any atom is -0.359 e. The molecule has 3 aromatic rings. The maximum atomic E-state index is 14.0. The van der Waals surface area contributed by atoms with E-state index in [9.17, 15) is 4.39 Å². The second-order valence-corrected chi connectivity index (χ2v) is 11.5. The molecule has 1 aliphatic carbocycles. The van der Waals surface area contributed by atoms with Crippen molar-refractivity contribution in [1.82, 2.24) is 20.5 Å². The monoisotopic (exact) mass is 588 g/mol. The Morgan fingerprint density at radius 2 is 1.91 bits per heavy atom. The molecule has 1 aliphatic rings. The minimum absolute atomic E-state index is 0.282. The highest BCUT2D eigenvalue weighted by Gasteiger charge is 2.16. The maximum absolute atomic E-state index is 14.0. The quantitative estimate of drug-likeness (QED) is 0.185. The van der Waals surface area contributed by atoms with Gasteiger partial charge in [-0.15, -0.1) is 0 Å². The molecule has 4 rings (SSSR count). The van der Waals surface area contributed by atoms with Crippen LogP contribution in [-0.4, -0.2) is 15.2 Å². The predicted molar refractivity (Wildman–Crippen MR) is 185 cm³/mol. The molecule has 0 atom stereocenters. The van der Waals surface area contributed by atoms with Crippen molar-refractivity contribution >= 4 is 18.2 Å². The zero-order valence-electron chi connectivity index (χ0n) is 26.4. The summed E-state index contributed by atoms with van der Waals surface area (Å²) in [4.78, 5) is 3.44. The molecule has 0 radical (unpaired) electrons. The van der Waals surface area contributed by atoms with E-state index in [4.69, 9.17) is 0 Å². The van der Waals surface area contributed by atoms with Crippen LogP contribution in [0.25, 0.3) is 29.6 Å².